The van der Waals surface area contributed by atoms with Crippen molar-refractivity contribution in [2.75, 3.05) is 45.3 Å². The zero-order valence-corrected chi connectivity index (χ0v) is 19.5. The van der Waals surface area contributed by atoms with Gasteiger partial charge in [0, 0.05) is 37.9 Å². The van der Waals surface area contributed by atoms with Gasteiger partial charge in [-0.25, -0.2) is 0 Å². The summed E-state index contributed by atoms with van der Waals surface area (Å²) in [4.78, 5) is 21.4. The molecule has 1 aliphatic heterocycles. The minimum atomic E-state index is -0.0955. The fourth-order valence-corrected chi connectivity index (χ4v) is 4.04. The molecule has 35 heavy (non-hydrogen) atoms. The first-order chi connectivity index (χ1) is 17.2. The summed E-state index contributed by atoms with van der Waals surface area (Å²) in [6.07, 6.45) is 1.73. The van der Waals surface area contributed by atoms with Crippen molar-refractivity contribution < 1.29 is 14.3 Å². The van der Waals surface area contributed by atoms with E-state index in [-0.39, 0.29) is 5.91 Å². The van der Waals surface area contributed by atoms with Crippen LogP contribution in [0, 0.1) is 0 Å². The zero-order chi connectivity index (χ0) is 24.2. The molecule has 3 aromatic heterocycles. The van der Waals surface area contributed by atoms with Crippen LogP contribution >= 0.6 is 0 Å². The number of anilines is 1. The minimum absolute atomic E-state index is 0.0955. The van der Waals surface area contributed by atoms with Gasteiger partial charge in [0.25, 0.3) is 5.91 Å². The molecule has 1 aromatic carbocycles. The van der Waals surface area contributed by atoms with Gasteiger partial charge in [-0.3, -0.25) is 14.9 Å². The van der Waals surface area contributed by atoms with Gasteiger partial charge in [0.05, 0.1) is 25.6 Å². The number of benzene rings is 1. The molecule has 178 valence electrons. The average Bonchev–Trinajstić information content (AvgIpc) is 3.43. The predicted octanol–water partition coefficient (Wildman–Crippen LogP) is 2.91. The molecule has 4 heterocycles. The average molecular weight is 472 g/mol. The summed E-state index contributed by atoms with van der Waals surface area (Å²) in [6, 6.07) is 16.8. The quantitative estimate of drug-likeness (QED) is 0.457. The molecule has 1 N–H and O–H groups in total. The number of nitrogens with one attached hydrogen (secondary N) is 1. The number of piperazine rings is 1. The summed E-state index contributed by atoms with van der Waals surface area (Å²) in [5, 5.41) is 15.9. The lowest BCUT2D eigenvalue weighted by atomic mass is 10.1. The predicted molar refractivity (Wildman–Crippen MR) is 131 cm³/mol. The third kappa shape index (κ3) is 4.63. The van der Waals surface area contributed by atoms with E-state index in [1.165, 1.54) is 0 Å². The monoisotopic (exact) mass is 471 g/mol. The lowest BCUT2D eigenvalue weighted by molar-refractivity contribution is 0.0740. The van der Waals surface area contributed by atoms with Crippen molar-refractivity contribution in [3.05, 3.63) is 66.5 Å². The van der Waals surface area contributed by atoms with E-state index in [1.54, 1.807) is 26.5 Å². The second-order valence-electron chi connectivity index (χ2n) is 8.00. The van der Waals surface area contributed by atoms with Crippen molar-refractivity contribution in [1.29, 1.82) is 0 Å². The molecule has 0 saturated carbocycles. The number of amides is 1. The second-order valence-corrected chi connectivity index (χ2v) is 8.00. The fraction of sp³-hybridized carbons (Fsp3) is 0.240. The number of rotatable bonds is 6. The van der Waals surface area contributed by atoms with E-state index in [0.717, 1.165) is 22.8 Å². The molecule has 1 fully saturated rings. The SMILES string of the molecule is COc1ccc(OC)c(-c2cc(C(=O)N3CCN(c4ccc(-c5ccccn5)nn4)CC3)[nH]n2)c1. The van der Waals surface area contributed by atoms with Crippen molar-refractivity contribution in [3.63, 3.8) is 0 Å². The molecule has 5 rings (SSSR count). The Morgan fingerprint density at radius 1 is 0.886 bits per heavy atom. The van der Waals surface area contributed by atoms with Crippen LogP contribution in [-0.4, -0.2) is 76.6 Å². The Kier molecular flexibility index (Phi) is 6.25. The largest absolute Gasteiger partial charge is 0.497 e. The van der Waals surface area contributed by atoms with Crippen LogP contribution in [0.3, 0.4) is 0 Å². The smallest absolute Gasteiger partial charge is 0.272 e. The van der Waals surface area contributed by atoms with Gasteiger partial charge in [-0.1, -0.05) is 6.07 Å². The fourth-order valence-electron chi connectivity index (χ4n) is 4.04. The number of carbonyl (C=O) groups excluding carboxylic acids is 1. The first-order valence-electron chi connectivity index (χ1n) is 11.2. The molecule has 1 aliphatic rings. The summed E-state index contributed by atoms with van der Waals surface area (Å²) in [5.74, 6) is 2.02. The van der Waals surface area contributed by atoms with Crippen molar-refractivity contribution in [3.8, 4) is 34.1 Å². The number of hydrogen-bond donors (Lipinski definition) is 1. The maximum absolute atomic E-state index is 13.1. The number of pyridine rings is 1. The van der Waals surface area contributed by atoms with Gasteiger partial charge in [0.2, 0.25) is 0 Å². The van der Waals surface area contributed by atoms with E-state index in [2.05, 4.69) is 30.3 Å². The number of aromatic nitrogens is 5. The minimum Gasteiger partial charge on any atom is -0.497 e. The third-order valence-corrected chi connectivity index (χ3v) is 5.96. The Hall–Kier alpha value is -4.47. The number of methoxy groups -OCH3 is 2. The Balaban J connectivity index is 1.24. The Morgan fingerprint density at radius 2 is 1.74 bits per heavy atom. The highest BCUT2D eigenvalue weighted by atomic mass is 16.5. The normalized spacial score (nSPS) is 13.5. The van der Waals surface area contributed by atoms with Crippen molar-refractivity contribution in [2.24, 2.45) is 0 Å². The molecule has 0 aliphatic carbocycles. The molecule has 10 nitrogen and oxygen atoms in total. The maximum atomic E-state index is 13.1. The molecule has 10 heteroatoms. The molecular formula is C25H25N7O3. The maximum Gasteiger partial charge on any atom is 0.272 e. The molecule has 1 saturated heterocycles. The first-order valence-corrected chi connectivity index (χ1v) is 11.2. The van der Waals surface area contributed by atoms with E-state index in [4.69, 9.17) is 9.47 Å². The highest BCUT2D eigenvalue weighted by Gasteiger charge is 2.25. The summed E-state index contributed by atoms with van der Waals surface area (Å²) < 4.78 is 10.8. The van der Waals surface area contributed by atoms with Crippen LogP contribution in [0.15, 0.2) is 60.8 Å². The van der Waals surface area contributed by atoms with Crippen LogP contribution in [0.5, 0.6) is 11.5 Å². The van der Waals surface area contributed by atoms with Crippen LogP contribution in [0.25, 0.3) is 22.6 Å². The Bertz CT molecular complexity index is 1300. The standard InChI is InChI=1S/C25H25N7O3/c1-34-17-6-8-23(35-2)18(15-17)21-16-22(29-28-21)25(33)32-13-11-31(12-14-32)24-9-7-20(27-30-24)19-5-3-4-10-26-19/h3-10,15-16H,11-14H2,1-2H3,(H,28,29). The first kappa shape index (κ1) is 22.3. The Labute approximate surface area is 202 Å². The van der Waals surface area contributed by atoms with Crippen molar-refractivity contribution in [1.82, 2.24) is 30.3 Å². The number of aromatic amines is 1. The highest BCUT2D eigenvalue weighted by molar-refractivity contribution is 5.93. The highest BCUT2D eigenvalue weighted by Crippen LogP contribution is 2.32. The van der Waals surface area contributed by atoms with Gasteiger partial charge in [0.1, 0.15) is 22.9 Å². The van der Waals surface area contributed by atoms with Gasteiger partial charge in [-0.2, -0.15) is 5.10 Å². The molecule has 0 unspecified atom stereocenters. The summed E-state index contributed by atoms with van der Waals surface area (Å²) in [6.45, 7) is 2.46. The van der Waals surface area contributed by atoms with Gasteiger partial charge in [0.15, 0.2) is 5.82 Å². The molecule has 0 radical (unpaired) electrons. The number of H-pyrrole nitrogens is 1. The topological polar surface area (TPSA) is 109 Å². The van der Waals surface area contributed by atoms with Crippen LogP contribution in [-0.2, 0) is 0 Å². The number of carbonyl (C=O) groups is 1. The van der Waals surface area contributed by atoms with Crippen LogP contribution < -0.4 is 14.4 Å². The van der Waals surface area contributed by atoms with E-state index in [9.17, 15) is 4.79 Å². The summed E-state index contributed by atoms with van der Waals surface area (Å²) in [7, 11) is 3.20. The van der Waals surface area contributed by atoms with Crippen LogP contribution in [0.1, 0.15) is 10.5 Å². The summed E-state index contributed by atoms with van der Waals surface area (Å²) in [5.41, 5.74) is 3.31. The number of hydrogen-bond acceptors (Lipinski definition) is 8. The van der Waals surface area contributed by atoms with Gasteiger partial charge < -0.3 is 19.3 Å². The summed E-state index contributed by atoms with van der Waals surface area (Å²) >= 11 is 0. The van der Waals surface area contributed by atoms with Crippen molar-refractivity contribution >= 4 is 11.7 Å². The Morgan fingerprint density at radius 3 is 2.43 bits per heavy atom. The van der Waals surface area contributed by atoms with E-state index < -0.39 is 0 Å². The van der Waals surface area contributed by atoms with E-state index in [0.29, 0.717) is 49.1 Å². The lowest BCUT2D eigenvalue weighted by Gasteiger charge is -2.34. The van der Waals surface area contributed by atoms with Crippen LogP contribution in [0.2, 0.25) is 0 Å². The van der Waals surface area contributed by atoms with Crippen molar-refractivity contribution in [2.45, 2.75) is 0 Å². The van der Waals surface area contributed by atoms with Gasteiger partial charge in [-0.15, -0.1) is 10.2 Å². The van der Waals surface area contributed by atoms with Gasteiger partial charge >= 0.3 is 0 Å². The molecule has 0 spiro atoms. The van der Waals surface area contributed by atoms with Gasteiger partial charge in [-0.05, 0) is 48.5 Å². The number of ether oxygens (including phenoxy) is 2. The molecule has 1 amide bonds. The molecule has 4 aromatic rings. The lowest BCUT2D eigenvalue weighted by Crippen LogP contribution is -2.49. The third-order valence-electron chi connectivity index (χ3n) is 5.96. The molecular weight excluding hydrogens is 446 g/mol. The second kappa shape index (κ2) is 9.80. The molecule has 0 atom stereocenters. The van der Waals surface area contributed by atoms with Crippen LogP contribution in [0.4, 0.5) is 5.82 Å². The number of nitrogens with zero attached hydrogens (tertiary/aromatic N) is 6. The van der Waals surface area contributed by atoms with E-state index >= 15 is 0 Å². The zero-order valence-electron chi connectivity index (χ0n) is 19.5. The molecule has 0 bridgehead atoms. The van der Waals surface area contributed by atoms with E-state index in [1.807, 2.05) is 53.4 Å².